The molecule has 0 radical (unpaired) electrons. The molecule has 1 fully saturated rings. The standard InChI is InChI=1S/C12H20N4O/c1-7(10-4-5-13-6-10)14-12(17)11-8(2)15-16-9(11)3/h7,10,13H,4-6H2,1-3H3,(H,14,17)(H,15,16). The number of hydrogen-bond donors (Lipinski definition) is 3. The van der Waals surface area contributed by atoms with E-state index in [0.29, 0.717) is 11.5 Å². The fraction of sp³-hybridized carbons (Fsp3) is 0.667. The van der Waals surface area contributed by atoms with Crippen molar-refractivity contribution in [2.24, 2.45) is 5.92 Å². The molecule has 0 bridgehead atoms. The first-order chi connectivity index (χ1) is 8.09. The Balaban J connectivity index is 2.01. The SMILES string of the molecule is Cc1n[nH]c(C)c1C(=O)NC(C)C1CCNC1. The van der Waals surface area contributed by atoms with Gasteiger partial charge in [0, 0.05) is 11.7 Å². The molecule has 2 rings (SSSR count). The molecule has 2 heterocycles. The van der Waals surface area contributed by atoms with Crippen molar-refractivity contribution in [2.75, 3.05) is 13.1 Å². The number of aryl methyl sites for hydroxylation is 2. The lowest BCUT2D eigenvalue weighted by molar-refractivity contribution is 0.0927. The highest BCUT2D eigenvalue weighted by molar-refractivity contribution is 5.96. The molecule has 1 amide bonds. The van der Waals surface area contributed by atoms with Gasteiger partial charge < -0.3 is 10.6 Å². The van der Waals surface area contributed by atoms with E-state index in [1.807, 2.05) is 13.8 Å². The van der Waals surface area contributed by atoms with Crippen molar-refractivity contribution < 1.29 is 4.79 Å². The zero-order chi connectivity index (χ0) is 12.4. The first-order valence-corrected chi connectivity index (χ1v) is 6.12. The van der Waals surface area contributed by atoms with E-state index in [0.717, 1.165) is 30.9 Å². The highest BCUT2D eigenvalue weighted by atomic mass is 16.1. The lowest BCUT2D eigenvalue weighted by Gasteiger charge is -2.19. The van der Waals surface area contributed by atoms with Crippen molar-refractivity contribution in [3.8, 4) is 0 Å². The molecule has 2 unspecified atom stereocenters. The first-order valence-electron chi connectivity index (χ1n) is 6.12. The summed E-state index contributed by atoms with van der Waals surface area (Å²) in [6.07, 6.45) is 1.13. The Morgan fingerprint density at radius 3 is 2.82 bits per heavy atom. The molecule has 17 heavy (non-hydrogen) atoms. The maximum absolute atomic E-state index is 12.1. The summed E-state index contributed by atoms with van der Waals surface area (Å²) in [5.41, 5.74) is 2.27. The van der Waals surface area contributed by atoms with E-state index in [4.69, 9.17) is 0 Å². The van der Waals surface area contributed by atoms with Gasteiger partial charge in [-0.3, -0.25) is 9.89 Å². The number of rotatable bonds is 3. The van der Waals surface area contributed by atoms with Crippen molar-refractivity contribution in [1.82, 2.24) is 20.8 Å². The largest absolute Gasteiger partial charge is 0.349 e. The van der Waals surface area contributed by atoms with Crippen molar-refractivity contribution in [2.45, 2.75) is 33.2 Å². The van der Waals surface area contributed by atoms with Gasteiger partial charge in [0.05, 0.1) is 11.3 Å². The van der Waals surface area contributed by atoms with Gasteiger partial charge in [-0.15, -0.1) is 0 Å². The first kappa shape index (κ1) is 12.1. The minimum atomic E-state index is -0.0202. The third-order valence-electron chi connectivity index (χ3n) is 3.52. The van der Waals surface area contributed by atoms with Crippen LogP contribution < -0.4 is 10.6 Å². The molecule has 2 atom stereocenters. The van der Waals surface area contributed by atoms with Crippen molar-refractivity contribution in [3.63, 3.8) is 0 Å². The summed E-state index contributed by atoms with van der Waals surface area (Å²) in [7, 11) is 0. The van der Waals surface area contributed by atoms with E-state index in [1.165, 1.54) is 0 Å². The molecule has 1 aromatic rings. The third-order valence-corrected chi connectivity index (χ3v) is 3.52. The molecule has 1 aliphatic heterocycles. The van der Waals surface area contributed by atoms with Gasteiger partial charge in [0.15, 0.2) is 0 Å². The molecule has 1 saturated heterocycles. The molecule has 0 aromatic carbocycles. The minimum absolute atomic E-state index is 0.0202. The summed E-state index contributed by atoms with van der Waals surface area (Å²) in [5.74, 6) is 0.514. The van der Waals surface area contributed by atoms with Crippen LogP contribution in [0.15, 0.2) is 0 Å². The second kappa shape index (κ2) is 4.87. The molecule has 0 aliphatic carbocycles. The Kier molecular flexibility index (Phi) is 3.47. The molecule has 0 saturated carbocycles. The molecule has 5 heteroatoms. The van der Waals surface area contributed by atoms with Crippen LogP contribution >= 0.6 is 0 Å². The zero-order valence-corrected chi connectivity index (χ0v) is 10.6. The highest BCUT2D eigenvalue weighted by Crippen LogP contribution is 2.14. The molecule has 3 N–H and O–H groups in total. The molecular formula is C12H20N4O. The normalized spacial score (nSPS) is 21.5. The average molecular weight is 236 g/mol. The van der Waals surface area contributed by atoms with Crippen LogP contribution in [-0.2, 0) is 0 Å². The minimum Gasteiger partial charge on any atom is -0.349 e. The molecule has 5 nitrogen and oxygen atoms in total. The fourth-order valence-electron chi connectivity index (χ4n) is 2.39. The smallest absolute Gasteiger partial charge is 0.255 e. The molecule has 1 aromatic heterocycles. The van der Waals surface area contributed by atoms with Crippen molar-refractivity contribution in [1.29, 1.82) is 0 Å². The lowest BCUT2D eigenvalue weighted by Crippen LogP contribution is -2.39. The van der Waals surface area contributed by atoms with E-state index in [1.54, 1.807) is 0 Å². The number of nitrogens with zero attached hydrogens (tertiary/aromatic N) is 1. The van der Waals surface area contributed by atoms with Gasteiger partial charge in [0.2, 0.25) is 0 Å². The van der Waals surface area contributed by atoms with Crippen LogP contribution in [0.4, 0.5) is 0 Å². The van der Waals surface area contributed by atoms with Gasteiger partial charge in [-0.25, -0.2) is 0 Å². The Labute approximate surface area is 101 Å². The maximum atomic E-state index is 12.1. The fourth-order valence-corrected chi connectivity index (χ4v) is 2.39. The Hall–Kier alpha value is -1.36. The van der Waals surface area contributed by atoms with E-state index in [-0.39, 0.29) is 11.9 Å². The number of nitrogens with one attached hydrogen (secondary N) is 3. The summed E-state index contributed by atoms with van der Waals surface area (Å²) in [6.45, 7) is 7.83. The number of aromatic nitrogens is 2. The zero-order valence-electron chi connectivity index (χ0n) is 10.6. The summed E-state index contributed by atoms with van der Waals surface area (Å²) in [5, 5.41) is 13.3. The van der Waals surface area contributed by atoms with E-state index in [2.05, 4.69) is 27.8 Å². The maximum Gasteiger partial charge on any atom is 0.255 e. The number of H-pyrrole nitrogens is 1. The average Bonchev–Trinajstić information content (AvgIpc) is 2.88. The molecule has 1 aliphatic rings. The van der Waals surface area contributed by atoms with E-state index in [9.17, 15) is 4.79 Å². The Morgan fingerprint density at radius 2 is 2.29 bits per heavy atom. The number of aromatic amines is 1. The third kappa shape index (κ3) is 2.49. The predicted molar refractivity (Wildman–Crippen MR) is 66.0 cm³/mol. The quantitative estimate of drug-likeness (QED) is 0.725. The molecule has 0 spiro atoms. The second-order valence-corrected chi connectivity index (χ2v) is 4.82. The topological polar surface area (TPSA) is 69.8 Å². The molecular weight excluding hydrogens is 216 g/mol. The van der Waals surface area contributed by atoms with Gasteiger partial charge in [-0.05, 0) is 46.2 Å². The summed E-state index contributed by atoms with van der Waals surface area (Å²) in [4.78, 5) is 12.1. The number of hydrogen-bond acceptors (Lipinski definition) is 3. The lowest BCUT2D eigenvalue weighted by atomic mass is 10.00. The van der Waals surface area contributed by atoms with Crippen molar-refractivity contribution in [3.05, 3.63) is 17.0 Å². The summed E-state index contributed by atoms with van der Waals surface area (Å²) < 4.78 is 0. The van der Waals surface area contributed by atoms with Crippen LogP contribution in [0.2, 0.25) is 0 Å². The summed E-state index contributed by atoms with van der Waals surface area (Å²) in [6, 6.07) is 0.200. The van der Waals surface area contributed by atoms with Gasteiger partial charge in [0.25, 0.3) is 5.91 Å². The van der Waals surface area contributed by atoms with Crippen LogP contribution in [0.5, 0.6) is 0 Å². The van der Waals surface area contributed by atoms with Gasteiger partial charge >= 0.3 is 0 Å². The number of carbonyl (C=O) groups is 1. The van der Waals surface area contributed by atoms with E-state index < -0.39 is 0 Å². The van der Waals surface area contributed by atoms with Crippen LogP contribution in [0.1, 0.15) is 35.1 Å². The van der Waals surface area contributed by atoms with Crippen LogP contribution in [0, 0.1) is 19.8 Å². The van der Waals surface area contributed by atoms with Crippen molar-refractivity contribution >= 4 is 5.91 Å². The number of carbonyl (C=O) groups excluding carboxylic acids is 1. The second-order valence-electron chi connectivity index (χ2n) is 4.82. The summed E-state index contributed by atoms with van der Waals surface area (Å²) >= 11 is 0. The van der Waals surface area contributed by atoms with Gasteiger partial charge in [0.1, 0.15) is 0 Å². The van der Waals surface area contributed by atoms with Gasteiger partial charge in [-0.1, -0.05) is 0 Å². The van der Waals surface area contributed by atoms with E-state index >= 15 is 0 Å². The highest BCUT2D eigenvalue weighted by Gasteiger charge is 2.24. The van der Waals surface area contributed by atoms with Crippen LogP contribution in [0.3, 0.4) is 0 Å². The monoisotopic (exact) mass is 236 g/mol. The van der Waals surface area contributed by atoms with Crippen LogP contribution in [0.25, 0.3) is 0 Å². The van der Waals surface area contributed by atoms with Gasteiger partial charge in [-0.2, -0.15) is 5.10 Å². The predicted octanol–water partition coefficient (Wildman–Crippen LogP) is 0.754. The Bertz CT molecular complexity index is 387. The number of amides is 1. The Morgan fingerprint density at radius 1 is 1.53 bits per heavy atom. The van der Waals surface area contributed by atoms with Crippen LogP contribution in [-0.4, -0.2) is 35.2 Å². The molecule has 94 valence electrons.